The van der Waals surface area contributed by atoms with Crippen molar-refractivity contribution >= 4 is 23.7 Å². The van der Waals surface area contributed by atoms with E-state index >= 15 is 0 Å². The number of ether oxygens (including phenoxy) is 1. The van der Waals surface area contributed by atoms with Crippen molar-refractivity contribution in [2.24, 2.45) is 0 Å². The SMILES string of the molecule is CCOC(=O)c1ccc(Sc2ccc(C(=O)O)cc2F)cc1. The van der Waals surface area contributed by atoms with Crippen molar-refractivity contribution in [3.63, 3.8) is 0 Å². The van der Waals surface area contributed by atoms with E-state index in [9.17, 15) is 14.0 Å². The Hall–Kier alpha value is -2.34. The highest BCUT2D eigenvalue weighted by atomic mass is 32.2. The van der Waals surface area contributed by atoms with Gasteiger partial charge in [0.1, 0.15) is 5.82 Å². The van der Waals surface area contributed by atoms with Gasteiger partial charge in [-0.1, -0.05) is 11.8 Å². The van der Waals surface area contributed by atoms with Crippen LogP contribution in [0.5, 0.6) is 0 Å². The highest BCUT2D eigenvalue weighted by Gasteiger charge is 2.10. The van der Waals surface area contributed by atoms with Crippen LogP contribution in [0.4, 0.5) is 4.39 Å². The molecule has 0 saturated carbocycles. The maximum atomic E-state index is 13.8. The number of aromatic carboxylic acids is 1. The van der Waals surface area contributed by atoms with Gasteiger partial charge in [0.25, 0.3) is 0 Å². The van der Waals surface area contributed by atoms with E-state index in [1.165, 1.54) is 12.1 Å². The van der Waals surface area contributed by atoms with Gasteiger partial charge >= 0.3 is 11.9 Å². The third-order valence-electron chi connectivity index (χ3n) is 2.77. The highest BCUT2D eigenvalue weighted by Crippen LogP contribution is 2.30. The fourth-order valence-electron chi connectivity index (χ4n) is 1.72. The van der Waals surface area contributed by atoms with Crippen molar-refractivity contribution in [1.29, 1.82) is 0 Å². The lowest BCUT2D eigenvalue weighted by Gasteiger charge is -2.06. The van der Waals surface area contributed by atoms with Gasteiger partial charge in [0, 0.05) is 9.79 Å². The monoisotopic (exact) mass is 320 g/mol. The Morgan fingerprint density at radius 2 is 1.77 bits per heavy atom. The maximum absolute atomic E-state index is 13.8. The Labute approximate surface area is 130 Å². The average molecular weight is 320 g/mol. The predicted molar refractivity (Wildman–Crippen MR) is 79.9 cm³/mol. The van der Waals surface area contributed by atoms with Crippen LogP contribution in [-0.4, -0.2) is 23.7 Å². The standard InChI is InChI=1S/C16H13FO4S/c1-2-21-16(20)10-3-6-12(7-4-10)22-14-8-5-11(15(18)19)9-13(14)17/h3-9H,2H2,1H3,(H,18,19). The largest absolute Gasteiger partial charge is 0.478 e. The Bertz CT molecular complexity index is 698. The molecule has 22 heavy (non-hydrogen) atoms. The van der Waals surface area contributed by atoms with Crippen molar-refractivity contribution in [2.45, 2.75) is 16.7 Å². The normalized spacial score (nSPS) is 10.3. The van der Waals surface area contributed by atoms with Gasteiger partial charge in [0.2, 0.25) is 0 Å². The third kappa shape index (κ3) is 3.85. The summed E-state index contributed by atoms with van der Waals surface area (Å²) in [5, 5.41) is 8.80. The number of halogens is 1. The average Bonchev–Trinajstić information content (AvgIpc) is 2.50. The quantitative estimate of drug-likeness (QED) is 0.848. The molecule has 114 valence electrons. The number of carbonyl (C=O) groups is 2. The molecule has 0 fully saturated rings. The molecule has 0 saturated heterocycles. The summed E-state index contributed by atoms with van der Waals surface area (Å²) in [4.78, 5) is 23.3. The highest BCUT2D eigenvalue weighted by molar-refractivity contribution is 7.99. The summed E-state index contributed by atoms with van der Waals surface area (Å²) >= 11 is 1.15. The van der Waals surface area contributed by atoms with Gasteiger partial charge in [-0.15, -0.1) is 0 Å². The topological polar surface area (TPSA) is 63.6 Å². The van der Waals surface area contributed by atoms with Crippen LogP contribution in [0.1, 0.15) is 27.6 Å². The number of rotatable bonds is 5. The fraction of sp³-hybridized carbons (Fsp3) is 0.125. The molecule has 0 aromatic heterocycles. The van der Waals surface area contributed by atoms with Gasteiger partial charge in [0.15, 0.2) is 0 Å². The van der Waals surface area contributed by atoms with Crippen LogP contribution in [0.15, 0.2) is 52.3 Å². The van der Waals surface area contributed by atoms with Crippen molar-refractivity contribution in [3.8, 4) is 0 Å². The van der Waals surface area contributed by atoms with Gasteiger partial charge in [-0.3, -0.25) is 0 Å². The fourth-order valence-corrected chi connectivity index (χ4v) is 2.54. The van der Waals surface area contributed by atoms with Gasteiger partial charge in [0.05, 0.1) is 17.7 Å². The van der Waals surface area contributed by atoms with E-state index in [0.29, 0.717) is 17.1 Å². The van der Waals surface area contributed by atoms with E-state index in [0.717, 1.165) is 22.7 Å². The Balaban J connectivity index is 2.14. The van der Waals surface area contributed by atoms with Crippen LogP contribution >= 0.6 is 11.8 Å². The molecule has 0 bridgehead atoms. The molecule has 0 atom stereocenters. The molecule has 6 heteroatoms. The van der Waals surface area contributed by atoms with E-state index < -0.39 is 17.8 Å². The zero-order valence-corrected chi connectivity index (χ0v) is 12.5. The molecule has 0 aliphatic carbocycles. The lowest BCUT2D eigenvalue weighted by Crippen LogP contribution is -2.03. The lowest BCUT2D eigenvalue weighted by atomic mass is 10.2. The van der Waals surface area contributed by atoms with Crippen LogP contribution in [0.25, 0.3) is 0 Å². The van der Waals surface area contributed by atoms with Crippen LogP contribution in [0.2, 0.25) is 0 Å². The molecule has 0 radical (unpaired) electrons. The first-order chi connectivity index (χ1) is 10.5. The van der Waals surface area contributed by atoms with Crippen LogP contribution in [0, 0.1) is 5.82 Å². The smallest absolute Gasteiger partial charge is 0.338 e. The van der Waals surface area contributed by atoms with Gasteiger partial charge in [-0.05, 0) is 49.4 Å². The Morgan fingerprint density at radius 3 is 2.32 bits per heavy atom. The summed E-state index contributed by atoms with van der Waals surface area (Å²) < 4.78 is 18.7. The number of hydrogen-bond donors (Lipinski definition) is 1. The molecule has 2 rings (SSSR count). The van der Waals surface area contributed by atoms with Crippen molar-refractivity contribution < 1.29 is 23.8 Å². The minimum Gasteiger partial charge on any atom is -0.478 e. The molecule has 0 unspecified atom stereocenters. The molecule has 0 spiro atoms. The summed E-state index contributed by atoms with van der Waals surface area (Å²) in [6, 6.07) is 10.3. The second kappa shape index (κ2) is 7.09. The summed E-state index contributed by atoms with van der Waals surface area (Å²) in [6.45, 7) is 2.03. The predicted octanol–water partition coefficient (Wildman–Crippen LogP) is 3.85. The molecule has 0 aliphatic rings. The second-order valence-corrected chi connectivity index (χ2v) is 5.41. The van der Waals surface area contributed by atoms with Gasteiger partial charge in [-0.2, -0.15) is 0 Å². The number of hydrogen-bond acceptors (Lipinski definition) is 4. The third-order valence-corrected chi connectivity index (χ3v) is 3.83. The summed E-state index contributed by atoms with van der Waals surface area (Å²) in [7, 11) is 0. The Morgan fingerprint density at radius 1 is 1.14 bits per heavy atom. The zero-order chi connectivity index (χ0) is 16.1. The Kier molecular flexibility index (Phi) is 5.16. The molecule has 0 aliphatic heterocycles. The molecule has 0 heterocycles. The van der Waals surface area contributed by atoms with Gasteiger partial charge in [-0.25, -0.2) is 14.0 Å². The van der Waals surface area contributed by atoms with Crippen LogP contribution in [0.3, 0.4) is 0 Å². The molecule has 4 nitrogen and oxygen atoms in total. The number of carboxylic acids is 1. The van der Waals surface area contributed by atoms with Crippen molar-refractivity contribution in [1.82, 2.24) is 0 Å². The lowest BCUT2D eigenvalue weighted by molar-refractivity contribution is 0.0525. The maximum Gasteiger partial charge on any atom is 0.338 e. The van der Waals surface area contributed by atoms with Crippen molar-refractivity contribution in [2.75, 3.05) is 6.61 Å². The van der Waals surface area contributed by atoms with E-state index in [1.54, 1.807) is 31.2 Å². The molecule has 0 amide bonds. The second-order valence-electron chi connectivity index (χ2n) is 4.30. The first-order valence-electron chi connectivity index (χ1n) is 6.49. The molecule has 2 aromatic carbocycles. The molecule has 2 aromatic rings. The number of carbonyl (C=O) groups excluding carboxylic acids is 1. The van der Waals surface area contributed by atoms with Crippen LogP contribution in [-0.2, 0) is 4.74 Å². The molecular weight excluding hydrogens is 307 g/mol. The number of carboxylic acid groups (broad SMARTS) is 1. The number of esters is 1. The van der Waals surface area contributed by atoms with E-state index in [1.807, 2.05) is 0 Å². The first kappa shape index (κ1) is 16.0. The zero-order valence-electron chi connectivity index (χ0n) is 11.7. The minimum atomic E-state index is -1.17. The summed E-state index contributed by atoms with van der Waals surface area (Å²) in [5.74, 6) is -2.18. The van der Waals surface area contributed by atoms with E-state index in [-0.39, 0.29) is 5.56 Å². The molecule has 1 N–H and O–H groups in total. The van der Waals surface area contributed by atoms with E-state index in [2.05, 4.69) is 0 Å². The van der Waals surface area contributed by atoms with Gasteiger partial charge < -0.3 is 9.84 Å². The summed E-state index contributed by atoms with van der Waals surface area (Å²) in [5.41, 5.74) is 0.326. The first-order valence-corrected chi connectivity index (χ1v) is 7.30. The van der Waals surface area contributed by atoms with Crippen LogP contribution < -0.4 is 0 Å². The minimum absolute atomic E-state index is 0.0977. The van der Waals surface area contributed by atoms with Crippen molar-refractivity contribution in [3.05, 3.63) is 59.4 Å². The number of benzene rings is 2. The molecular formula is C16H13FO4S. The van der Waals surface area contributed by atoms with E-state index in [4.69, 9.17) is 9.84 Å². The summed E-state index contributed by atoms with van der Waals surface area (Å²) in [6.07, 6.45) is 0.